The second kappa shape index (κ2) is 9.15. The van der Waals surface area contributed by atoms with Crippen LogP contribution in [0.15, 0.2) is 70.9 Å². The Hall–Kier alpha value is -2.19. The van der Waals surface area contributed by atoms with E-state index in [0.29, 0.717) is 6.42 Å². The van der Waals surface area contributed by atoms with E-state index >= 15 is 0 Å². The van der Waals surface area contributed by atoms with Gasteiger partial charge in [-0.1, -0.05) is 36.4 Å². The molecule has 0 heterocycles. The lowest BCUT2D eigenvalue weighted by molar-refractivity contribution is 1.11. The molecule has 0 fully saturated rings. The van der Waals surface area contributed by atoms with Crippen molar-refractivity contribution in [2.24, 2.45) is 10.2 Å². The molecule has 0 aromatic heterocycles. The van der Waals surface area contributed by atoms with Crippen molar-refractivity contribution in [2.75, 3.05) is 9.35 Å². The highest BCUT2D eigenvalue weighted by molar-refractivity contribution is 6.80. The Balaban J connectivity index is 2.09. The van der Waals surface area contributed by atoms with Crippen molar-refractivity contribution in [1.29, 1.82) is 0 Å². The predicted octanol–water partition coefficient (Wildman–Crippen LogP) is 6.03. The average molecular weight is 397 g/mol. The van der Waals surface area contributed by atoms with E-state index in [1.54, 1.807) is 0 Å². The molecule has 0 saturated carbocycles. The molecule has 0 atom stereocenters. The zero-order valence-corrected chi connectivity index (χ0v) is 19.4. The number of benzene rings is 2. The van der Waals surface area contributed by atoms with E-state index < -0.39 is 16.5 Å². The topological polar surface area (TPSA) is 31.2 Å². The maximum absolute atomic E-state index is 4.77. The van der Waals surface area contributed by atoms with Gasteiger partial charge >= 0.3 is 0 Å². The van der Waals surface area contributed by atoms with Crippen LogP contribution in [0.5, 0.6) is 0 Å². The van der Waals surface area contributed by atoms with Crippen molar-refractivity contribution < 1.29 is 0 Å². The van der Waals surface area contributed by atoms with Crippen LogP contribution in [0.25, 0.3) is 0 Å². The molecule has 6 heteroatoms. The maximum Gasteiger partial charge on any atom is 0.176 e. The third-order valence-electron chi connectivity index (χ3n) is 3.88. The van der Waals surface area contributed by atoms with E-state index in [0.717, 1.165) is 11.4 Å². The first-order valence-corrected chi connectivity index (χ1v) is 16.3. The molecule has 2 aromatic carbocycles. The molecule has 0 unspecified atom stereocenters. The summed E-state index contributed by atoms with van der Waals surface area (Å²) in [5, 5.41) is 9.54. The highest BCUT2D eigenvalue weighted by atomic mass is 28.3. The average Bonchev–Trinajstić information content (AvgIpc) is 2.60. The van der Waals surface area contributed by atoms with Crippen LogP contribution in [0.1, 0.15) is 6.42 Å². The third kappa shape index (κ3) is 6.48. The van der Waals surface area contributed by atoms with Crippen molar-refractivity contribution in [3.63, 3.8) is 0 Å². The molecular formula is C21H32N4Si2. The normalized spacial score (nSPS) is 12.7. The van der Waals surface area contributed by atoms with Gasteiger partial charge in [-0.05, 0) is 63.5 Å². The van der Waals surface area contributed by atoms with Gasteiger partial charge in [-0.15, -0.1) is 0 Å². The number of nitrogens with zero attached hydrogens (tertiary/aromatic N) is 4. The molecule has 0 radical (unpaired) electrons. The van der Waals surface area contributed by atoms with Crippen LogP contribution in [0.3, 0.4) is 0 Å². The van der Waals surface area contributed by atoms with Crippen molar-refractivity contribution in [1.82, 2.24) is 0 Å². The largest absolute Gasteiger partial charge is 0.296 e. The fraction of sp³-hybridized carbons (Fsp3) is 0.333. The fourth-order valence-corrected chi connectivity index (χ4v) is 5.40. The van der Waals surface area contributed by atoms with Gasteiger partial charge in [0.1, 0.15) is 0 Å². The number of hydrogen-bond acceptors (Lipinski definition) is 4. The molecule has 27 heavy (non-hydrogen) atoms. The molecule has 0 aliphatic rings. The van der Waals surface area contributed by atoms with Gasteiger partial charge in [-0.3, -0.25) is 9.35 Å². The minimum absolute atomic E-state index is 0.710. The standard InChI is InChI=1S/C21H32N4Si2/c1-26(2,3)24(20-14-9-7-10-15-20)22-18-13-19-23-25(27(4,5)6)21-16-11-8-12-17-21/h7-12,14-19H,13H2,1-6H3. The first kappa shape index (κ1) is 21.1. The van der Waals surface area contributed by atoms with E-state index in [4.69, 9.17) is 10.2 Å². The SMILES string of the molecule is C[Si](C)(C)N(N=CCC=NN(c1ccccc1)[Si](C)(C)C)c1ccccc1. The fourth-order valence-electron chi connectivity index (χ4n) is 2.70. The summed E-state index contributed by atoms with van der Waals surface area (Å²) in [6, 6.07) is 20.8. The number of hydrogen-bond donors (Lipinski definition) is 0. The third-order valence-corrected chi connectivity index (χ3v) is 7.17. The van der Waals surface area contributed by atoms with Crippen molar-refractivity contribution in [3.8, 4) is 0 Å². The van der Waals surface area contributed by atoms with Crippen molar-refractivity contribution in [3.05, 3.63) is 60.7 Å². The molecule has 2 aromatic rings. The van der Waals surface area contributed by atoms with Crippen LogP contribution < -0.4 is 9.35 Å². The van der Waals surface area contributed by atoms with Gasteiger partial charge in [0, 0.05) is 30.2 Å². The molecule has 0 amide bonds. The summed E-state index contributed by atoms with van der Waals surface area (Å²) < 4.78 is 4.38. The molecule has 0 saturated heterocycles. The van der Waals surface area contributed by atoms with Crippen LogP contribution in [-0.4, -0.2) is 28.9 Å². The molecule has 0 aliphatic carbocycles. The Morgan fingerprint density at radius 1 is 0.630 bits per heavy atom. The minimum Gasteiger partial charge on any atom is -0.296 e. The lowest BCUT2D eigenvalue weighted by atomic mass is 10.3. The van der Waals surface area contributed by atoms with E-state index in [2.05, 4.69) is 97.2 Å². The summed E-state index contributed by atoms with van der Waals surface area (Å²) in [6.07, 6.45) is 4.63. The van der Waals surface area contributed by atoms with Gasteiger partial charge in [0.15, 0.2) is 16.5 Å². The Bertz CT molecular complexity index is 682. The smallest absolute Gasteiger partial charge is 0.176 e. The minimum atomic E-state index is -1.60. The van der Waals surface area contributed by atoms with E-state index in [1.165, 1.54) is 0 Å². The van der Waals surface area contributed by atoms with E-state index in [-0.39, 0.29) is 0 Å². The zero-order chi connectivity index (χ0) is 19.9. The van der Waals surface area contributed by atoms with E-state index in [9.17, 15) is 0 Å². The molecule has 144 valence electrons. The van der Waals surface area contributed by atoms with Crippen LogP contribution in [-0.2, 0) is 0 Å². The molecule has 0 N–H and O–H groups in total. The van der Waals surface area contributed by atoms with Crippen LogP contribution in [0.4, 0.5) is 11.4 Å². The van der Waals surface area contributed by atoms with Gasteiger partial charge in [0.05, 0.1) is 0 Å². The van der Waals surface area contributed by atoms with E-state index in [1.807, 2.05) is 24.6 Å². The summed E-state index contributed by atoms with van der Waals surface area (Å²) in [6.45, 7) is 13.8. The number of para-hydroxylation sites is 2. The molecular weight excluding hydrogens is 364 g/mol. The second-order valence-electron chi connectivity index (χ2n) is 8.47. The van der Waals surface area contributed by atoms with Gasteiger partial charge in [-0.2, -0.15) is 10.2 Å². The maximum atomic E-state index is 4.77. The summed E-state index contributed by atoms with van der Waals surface area (Å²) in [5.41, 5.74) is 2.30. The van der Waals surface area contributed by atoms with Crippen molar-refractivity contribution in [2.45, 2.75) is 45.7 Å². The first-order chi connectivity index (χ1) is 12.7. The summed E-state index contributed by atoms with van der Waals surface area (Å²) in [4.78, 5) is 0. The molecule has 0 aliphatic heterocycles. The highest BCUT2D eigenvalue weighted by Crippen LogP contribution is 2.22. The van der Waals surface area contributed by atoms with Crippen molar-refractivity contribution >= 4 is 40.3 Å². The molecule has 2 rings (SSSR count). The molecule has 0 bridgehead atoms. The molecule has 0 spiro atoms. The Kier molecular flexibility index (Phi) is 7.15. The quantitative estimate of drug-likeness (QED) is 0.310. The zero-order valence-electron chi connectivity index (χ0n) is 17.4. The second-order valence-corrected chi connectivity index (χ2v) is 18.0. The monoisotopic (exact) mass is 396 g/mol. The summed E-state index contributed by atoms with van der Waals surface area (Å²) >= 11 is 0. The molecule has 4 nitrogen and oxygen atoms in total. The predicted molar refractivity (Wildman–Crippen MR) is 126 cm³/mol. The Morgan fingerprint density at radius 2 is 0.963 bits per heavy atom. The van der Waals surface area contributed by atoms with Crippen LogP contribution in [0, 0.1) is 0 Å². The lowest BCUT2D eigenvalue weighted by Crippen LogP contribution is -2.42. The Morgan fingerprint density at radius 3 is 1.26 bits per heavy atom. The number of anilines is 2. The lowest BCUT2D eigenvalue weighted by Gasteiger charge is -2.31. The summed E-state index contributed by atoms with van der Waals surface area (Å²) in [5.74, 6) is 0. The van der Waals surface area contributed by atoms with Crippen LogP contribution in [0.2, 0.25) is 39.3 Å². The Labute approximate surface area is 166 Å². The number of hydrazone groups is 2. The van der Waals surface area contributed by atoms with Gasteiger partial charge in [0.2, 0.25) is 0 Å². The van der Waals surface area contributed by atoms with Crippen LogP contribution >= 0.6 is 0 Å². The first-order valence-electron chi connectivity index (χ1n) is 9.45. The number of rotatable bonds is 8. The van der Waals surface area contributed by atoms with Gasteiger partial charge in [-0.25, -0.2) is 0 Å². The van der Waals surface area contributed by atoms with Gasteiger partial charge < -0.3 is 0 Å². The van der Waals surface area contributed by atoms with Gasteiger partial charge in [0.25, 0.3) is 0 Å². The summed E-state index contributed by atoms with van der Waals surface area (Å²) in [7, 11) is -3.21. The highest BCUT2D eigenvalue weighted by Gasteiger charge is 2.25.